The standard InChI is InChI=1S/C21H33F2N5O3.HI/c1-21(2,3)31-20(29)26-12-7-11-25-19(24-4)27-15-10-13-28(14-15)16-8-5-6-9-17(16)30-18(22)23;/h5-6,8-9,15,18H,7,10-14H2,1-4H3,(H,26,29)(H2,24,25,27);1H. The maximum Gasteiger partial charge on any atom is 0.407 e. The monoisotopic (exact) mass is 569 g/mol. The first-order chi connectivity index (χ1) is 14.7. The van der Waals surface area contributed by atoms with Crippen LogP contribution < -0.4 is 25.6 Å². The average molecular weight is 569 g/mol. The Labute approximate surface area is 205 Å². The first-order valence-electron chi connectivity index (χ1n) is 10.4. The molecule has 0 bridgehead atoms. The summed E-state index contributed by atoms with van der Waals surface area (Å²) in [5.74, 6) is 0.833. The highest BCUT2D eigenvalue weighted by Crippen LogP contribution is 2.31. The molecule has 0 spiro atoms. The van der Waals surface area contributed by atoms with Gasteiger partial charge in [-0.15, -0.1) is 24.0 Å². The van der Waals surface area contributed by atoms with Crippen LogP contribution in [0.2, 0.25) is 0 Å². The number of hydrogen-bond acceptors (Lipinski definition) is 5. The van der Waals surface area contributed by atoms with Crippen LogP contribution >= 0.6 is 24.0 Å². The molecule has 1 unspecified atom stereocenters. The Balaban J connectivity index is 0.00000512. The zero-order valence-electron chi connectivity index (χ0n) is 19.0. The Hall–Kier alpha value is -2.05. The minimum Gasteiger partial charge on any atom is -0.444 e. The highest BCUT2D eigenvalue weighted by Gasteiger charge is 2.26. The normalized spacial score (nSPS) is 16.4. The van der Waals surface area contributed by atoms with Crippen molar-refractivity contribution in [3.8, 4) is 5.75 Å². The Kier molecular flexibility index (Phi) is 11.8. The quantitative estimate of drug-likeness (QED) is 0.192. The zero-order chi connectivity index (χ0) is 22.9. The predicted molar refractivity (Wildman–Crippen MR) is 132 cm³/mol. The molecular weight excluding hydrogens is 535 g/mol. The number of carbonyl (C=O) groups is 1. The fourth-order valence-corrected chi connectivity index (χ4v) is 3.20. The molecule has 1 atom stereocenters. The number of alkyl carbamates (subject to hydrolysis) is 1. The molecule has 1 heterocycles. The molecule has 1 aromatic carbocycles. The van der Waals surface area contributed by atoms with Gasteiger partial charge < -0.3 is 30.3 Å². The number of guanidine groups is 1. The van der Waals surface area contributed by atoms with Crippen LogP contribution in [0.3, 0.4) is 0 Å². The van der Waals surface area contributed by atoms with Crippen LogP contribution in [0, 0.1) is 0 Å². The minimum absolute atomic E-state index is 0. The van der Waals surface area contributed by atoms with Gasteiger partial charge in [-0.1, -0.05) is 12.1 Å². The summed E-state index contributed by atoms with van der Waals surface area (Å²) in [6.45, 7) is 5.07. The molecule has 8 nitrogen and oxygen atoms in total. The molecule has 182 valence electrons. The maximum atomic E-state index is 12.7. The molecule has 3 N–H and O–H groups in total. The van der Waals surface area contributed by atoms with Gasteiger partial charge in [0.25, 0.3) is 0 Å². The van der Waals surface area contributed by atoms with E-state index in [0.717, 1.165) is 13.0 Å². The Morgan fingerprint density at radius 1 is 1.25 bits per heavy atom. The second kappa shape index (κ2) is 13.5. The molecule has 2 rings (SSSR count). The van der Waals surface area contributed by atoms with Crippen molar-refractivity contribution in [2.45, 2.75) is 51.9 Å². The summed E-state index contributed by atoms with van der Waals surface area (Å²) in [5, 5.41) is 9.28. The average Bonchev–Trinajstić information content (AvgIpc) is 3.13. The number of para-hydroxylation sites is 2. The molecule has 0 saturated carbocycles. The Morgan fingerprint density at radius 3 is 2.59 bits per heavy atom. The smallest absolute Gasteiger partial charge is 0.407 e. The van der Waals surface area contributed by atoms with E-state index in [9.17, 15) is 13.6 Å². The lowest BCUT2D eigenvalue weighted by atomic mass is 10.2. The largest absolute Gasteiger partial charge is 0.444 e. The van der Waals surface area contributed by atoms with E-state index in [4.69, 9.17) is 4.74 Å². The number of amides is 1. The van der Waals surface area contributed by atoms with E-state index in [1.807, 2.05) is 25.7 Å². The van der Waals surface area contributed by atoms with Gasteiger partial charge in [0.15, 0.2) is 5.96 Å². The van der Waals surface area contributed by atoms with Gasteiger partial charge in [0, 0.05) is 39.3 Å². The van der Waals surface area contributed by atoms with Crippen molar-refractivity contribution in [3.05, 3.63) is 24.3 Å². The summed E-state index contributed by atoms with van der Waals surface area (Å²) in [4.78, 5) is 17.9. The first kappa shape index (κ1) is 28.0. The fourth-order valence-electron chi connectivity index (χ4n) is 3.20. The van der Waals surface area contributed by atoms with Crippen LogP contribution in [-0.2, 0) is 4.74 Å². The maximum absolute atomic E-state index is 12.7. The van der Waals surface area contributed by atoms with Gasteiger partial charge in [-0.05, 0) is 45.7 Å². The lowest BCUT2D eigenvalue weighted by molar-refractivity contribution is -0.0495. The number of ether oxygens (including phenoxy) is 2. The van der Waals surface area contributed by atoms with Gasteiger partial charge in [-0.25, -0.2) is 4.79 Å². The molecular formula is C21H34F2IN5O3. The molecule has 1 aromatic rings. The van der Waals surface area contributed by atoms with Crippen LogP contribution in [0.4, 0.5) is 19.3 Å². The van der Waals surface area contributed by atoms with Crippen LogP contribution in [-0.4, -0.2) is 63.5 Å². The molecule has 1 aliphatic heterocycles. The van der Waals surface area contributed by atoms with E-state index < -0.39 is 18.3 Å². The third kappa shape index (κ3) is 10.0. The van der Waals surface area contributed by atoms with Gasteiger partial charge in [0.2, 0.25) is 0 Å². The van der Waals surface area contributed by atoms with E-state index in [0.29, 0.717) is 37.7 Å². The van der Waals surface area contributed by atoms with E-state index in [1.54, 1.807) is 31.3 Å². The number of rotatable bonds is 8. The van der Waals surface area contributed by atoms with Crippen molar-refractivity contribution in [2.75, 3.05) is 38.1 Å². The van der Waals surface area contributed by atoms with Crippen molar-refractivity contribution in [1.82, 2.24) is 16.0 Å². The number of carbonyl (C=O) groups excluding carboxylic acids is 1. The van der Waals surface area contributed by atoms with Crippen LogP contribution in [0.1, 0.15) is 33.6 Å². The first-order valence-corrected chi connectivity index (χ1v) is 10.4. The van der Waals surface area contributed by atoms with E-state index in [-0.39, 0.29) is 35.8 Å². The van der Waals surface area contributed by atoms with Crippen molar-refractivity contribution < 1.29 is 23.0 Å². The highest BCUT2D eigenvalue weighted by molar-refractivity contribution is 14.0. The van der Waals surface area contributed by atoms with Crippen LogP contribution in [0.5, 0.6) is 5.75 Å². The molecule has 1 saturated heterocycles. The Morgan fingerprint density at radius 2 is 1.94 bits per heavy atom. The van der Waals surface area contributed by atoms with Gasteiger partial charge in [-0.2, -0.15) is 8.78 Å². The second-order valence-corrected chi connectivity index (χ2v) is 8.20. The van der Waals surface area contributed by atoms with Crippen molar-refractivity contribution in [2.24, 2.45) is 4.99 Å². The van der Waals surface area contributed by atoms with Gasteiger partial charge in [0.05, 0.1) is 5.69 Å². The molecule has 0 aromatic heterocycles. The number of anilines is 1. The topological polar surface area (TPSA) is 87.2 Å². The lowest BCUT2D eigenvalue weighted by Crippen LogP contribution is -2.45. The SMILES string of the molecule is CN=C(NCCCNC(=O)OC(C)(C)C)NC1CCN(c2ccccc2OC(F)F)C1.I. The van der Waals surface area contributed by atoms with Gasteiger partial charge in [0.1, 0.15) is 11.4 Å². The number of halogens is 3. The number of alkyl halides is 2. The van der Waals surface area contributed by atoms with Crippen LogP contribution in [0.25, 0.3) is 0 Å². The summed E-state index contributed by atoms with van der Waals surface area (Å²) < 4.78 is 35.2. The van der Waals surface area contributed by atoms with Crippen LogP contribution in [0.15, 0.2) is 29.3 Å². The molecule has 32 heavy (non-hydrogen) atoms. The van der Waals surface area contributed by atoms with Gasteiger partial charge >= 0.3 is 12.7 Å². The molecule has 1 amide bonds. The summed E-state index contributed by atoms with van der Waals surface area (Å²) in [5.41, 5.74) is 0.137. The molecule has 0 radical (unpaired) electrons. The molecule has 1 aliphatic rings. The van der Waals surface area contributed by atoms with Crippen molar-refractivity contribution >= 4 is 41.7 Å². The zero-order valence-corrected chi connectivity index (χ0v) is 21.3. The number of aliphatic imine (C=N–C) groups is 1. The fraction of sp³-hybridized carbons (Fsp3) is 0.619. The predicted octanol–water partition coefficient (Wildman–Crippen LogP) is 3.56. The molecule has 0 aliphatic carbocycles. The van der Waals surface area contributed by atoms with E-state index in [1.165, 1.54) is 0 Å². The third-order valence-electron chi connectivity index (χ3n) is 4.49. The third-order valence-corrected chi connectivity index (χ3v) is 4.49. The van der Waals surface area contributed by atoms with E-state index in [2.05, 4.69) is 25.7 Å². The number of nitrogens with zero attached hydrogens (tertiary/aromatic N) is 2. The van der Waals surface area contributed by atoms with Gasteiger partial charge in [-0.3, -0.25) is 4.99 Å². The van der Waals surface area contributed by atoms with E-state index >= 15 is 0 Å². The summed E-state index contributed by atoms with van der Waals surface area (Å²) >= 11 is 0. The van der Waals surface area contributed by atoms with Crippen molar-refractivity contribution in [3.63, 3.8) is 0 Å². The number of nitrogens with one attached hydrogen (secondary N) is 3. The number of hydrogen-bond donors (Lipinski definition) is 3. The van der Waals surface area contributed by atoms with Crippen molar-refractivity contribution in [1.29, 1.82) is 0 Å². The molecule has 1 fully saturated rings. The summed E-state index contributed by atoms with van der Waals surface area (Å²) in [6.07, 6.45) is 1.11. The lowest BCUT2D eigenvalue weighted by Gasteiger charge is -2.22. The number of benzene rings is 1. The second-order valence-electron chi connectivity index (χ2n) is 8.20. The minimum atomic E-state index is -2.86. The summed E-state index contributed by atoms with van der Waals surface area (Å²) in [6, 6.07) is 6.93. The summed E-state index contributed by atoms with van der Waals surface area (Å²) in [7, 11) is 1.69. The highest BCUT2D eigenvalue weighted by atomic mass is 127. The molecule has 11 heteroatoms. The Bertz CT molecular complexity index is 746.